The van der Waals surface area contributed by atoms with Crippen LogP contribution in [0.5, 0.6) is 17.5 Å². The maximum absolute atomic E-state index is 12.2. The van der Waals surface area contributed by atoms with Crippen molar-refractivity contribution in [3.8, 4) is 17.5 Å². The third-order valence-electron chi connectivity index (χ3n) is 4.22. The Labute approximate surface area is 181 Å². The summed E-state index contributed by atoms with van der Waals surface area (Å²) in [5.74, 6) is -3.50. The van der Waals surface area contributed by atoms with Crippen LogP contribution in [-0.4, -0.2) is 51.3 Å². The fourth-order valence-electron chi connectivity index (χ4n) is 2.84. The molecule has 0 aliphatic heterocycles. The number of carbonyl (C=O) groups is 2. The van der Waals surface area contributed by atoms with Gasteiger partial charge in [-0.3, -0.25) is 13.9 Å². The van der Waals surface area contributed by atoms with Crippen LogP contribution >= 0.6 is 0 Å². The van der Waals surface area contributed by atoms with E-state index in [9.17, 15) is 33.3 Å². The number of phenolic OH excluding ortho intramolecular Hbond substituents is 1. The standard InChI is InChI=1S/C17H19N5O9S/c18-21-20-10-4-5-11(13(23)9-10)16(26)19-8-2-1-3-12(17(27)31-32(28,29)30)22-14(24)6-7-15(22)25/h4-7,9,12,23-25H,1-3,8H2,(H,19,26)(H,28,29,30). The fraction of sp³-hybridized carbons (Fsp3) is 0.294. The van der Waals surface area contributed by atoms with Gasteiger partial charge in [0.25, 0.3) is 5.91 Å². The number of phenols is 1. The van der Waals surface area contributed by atoms with Gasteiger partial charge in [-0.05, 0) is 36.9 Å². The molecule has 1 atom stereocenters. The van der Waals surface area contributed by atoms with Crippen LogP contribution in [0.1, 0.15) is 35.7 Å². The van der Waals surface area contributed by atoms with Crippen molar-refractivity contribution in [3.05, 3.63) is 46.3 Å². The molecular formula is C17H19N5O9S. The molecule has 172 valence electrons. The fourth-order valence-corrected chi connectivity index (χ4v) is 3.16. The highest BCUT2D eigenvalue weighted by Gasteiger charge is 2.29. The number of unbranched alkanes of at least 4 members (excludes halogenated alkanes) is 1. The third kappa shape index (κ3) is 6.53. The summed E-state index contributed by atoms with van der Waals surface area (Å²) < 4.78 is 35.1. The van der Waals surface area contributed by atoms with Gasteiger partial charge >= 0.3 is 16.4 Å². The number of hydrogen-bond donors (Lipinski definition) is 5. The highest BCUT2D eigenvalue weighted by Crippen LogP contribution is 2.31. The van der Waals surface area contributed by atoms with Crippen molar-refractivity contribution in [1.82, 2.24) is 9.88 Å². The number of carbonyl (C=O) groups excluding carboxylic acids is 2. The Balaban J connectivity index is 1.96. The second-order valence-corrected chi connectivity index (χ2v) is 7.43. The van der Waals surface area contributed by atoms with E-state index in [0.717, 1.165) is 22.8 Å². The van der Waals surface area contributed by atoms with Gasteiger partial charge in [0.05, 0.1) is 5.56 Å². The van der Waals surface area contributed by atoms with Gasteiger partial charge in [0.1, 0.15) is 11.8 Å². The summed E-state index contributed by atoms with van der Waals surface area (Å²) in [5.41, 5.74) is 8.44. The molecule has 0 saturated carbocycles. The Kier molecular flexibility index (Phi) is 7.90. The lowest BCUT2D eigenvalue weighted by molar-refractivity contribution is -0.138. The molecule has 0 bridgehead atoms. The maximum Gasteiger partial charge on any atom is 0.449 e. The average Bonchev–Trinajstić information content (AvgIpc) is 3.01. The Morgan fingerprint density at radius 1 is 1.16 bits per heavy atom. The number of aromatic nitrogens is 1. The highest BCUT2D eigenvalue weighted by molar-refractivity contribution is 7.81. The van der Waals surface area contributed by atoms with E-state index in [4.69, 9.17) is 10.1 Å². The van der Waals surface area contributed by atoms with Gasteiger partial charge in [-0.15, -0.1) is 0 Å². The first-order valence-electron chi connectivity index (χ1n) is 8.99. The van der Waals surface area contributed by atoms with Crippen LogP contribution in [0.4, 0.5) is 5.69 Å². The van der Waals surface area contributed by atoms with Crippen molar-refractivity contribution >= 4 is 28.0 Å². The molecule has 1 heterocycles. The third-order valence-corrected chi connectivity index (χ3v) is 4.60. The minimum atomic E-state index is -5.11. The topological polar surface area (TPSA) is 224 Å². The van der Waals surface area contributed by atoms with Gasteiger partial charge in [0, 0.05) is 29.3 Å². The van der Waals surface area contributed by atoms with Crippen LogP contribution < -0.4 is 5.32 Å². The lowest BCUT2D eigenvalue weighted by Gasteiger charge is -2.18. The van der Waals surface area contributed by atoms with Crippen molar-refractivity contribution in [2.45, 2.75) is 25.3 Å². The first-order valence-corrected chi connectivity index (χ1v) is 10.4. The minimum Gasteiger partial charge on any atom is -0.507 e. The highest BCUT2D eigenvalue weighted by atomic mass is 32.3. The van der Waals surface area contributed by atoms with Gasteiger partial charge in [0.2, 0.25) is 0 Å². The SMILES string of the molecule is [N-]=[N+]=Nc1ccc(C(=O)NCCCCC(C(=O)OS(=O)(=O)O)n2c(O)ccc2O)c(O)c1. The summed E-state index contributed by atoms with van der Waals surface area (Å²) in [6.07, 6.45) is 0.359. The largest absolute Gasteiger partial charge is 0.507 e. The number of nitrogens with zero attached hydrogens (tertiary/aromatic N) is 4. The second kappa shape index (κ2) is 10.4. The number of nitrogens with one attached hydrogen (secondary N) is 1. The molecular weight excluding hydrogens is 450 g/mol. The summed E-state index contributed by atoms with van der Waals surface area (Å²) in [6.45, 7) is 0.0973. The second-order valence-electron chi connectivity index (χ2n) is 6.41. The van der Waals surface area contributed by atoms with Crippen LogP contribution in [-0.2, 0) is 19.4 Å². The smallest absolute Gasteiger partial charge is 0.449 e. The molecule has 32 heavy (non-hydrogen) atoms. The molecule has 1 aromatic carbocycles. The molecule has 0 spiro atoms. The van der Waals surface area contributed by atoms with Crippen LogP contribution in [0, 0.1) is 0 Å². The van der Waals surface area contributed by atoms with Crippen molar-refractivity contribution in [1.29, 1.82) is 0 Å². The molecule has 15 heteroatoms. The Morgan fingerprint density at radius 3 is 2.38 bits per heavy atom. The molecule has 0 aliphatic rings. The average molecular weight is 469 g/mol. The summed E-state index contributed by atoms with van der Waals surface area (Å²) in [4.78, 5) is 26.8. The Morgan fingerprint density at radius 2 is 1.81 bits per heavy atom. The van der Waals surface area contributed by atoms with E-state index in [2.05, 4.69) is 19.5 Å². The summed E-state index contributed by atoms with van der Waals surface area (Å²) in [5, 5.41) is 35.3. The van der Waals surface area contributed by atoms with Gasteiger partial charge < -0.3 is 24.8 Å². The molecule has 1 unspecified atom stereocenters. The van der Waals surface area contributed by atoms with E-state index in [1.54, 1.807) is 0 Å². The molecule has 1 amide bonds. The van der Waals surface area contributed by atoms with Gasteiger partial charge in [0.15, 0.2) is 11.8 Å². The van der Waals surface area contributed by atoms with E-state index < -0.39 is 40.1 Å². The summed E-state index contributed by atoms with van der Waals surface area (Å²) in [7, 11) is -5.11. The number of hydrogen-bond acceptors (Lipinski definition) is 9. The normalized spacial score (nSPS) is 11.9. The first kappa shape index (κ1) is 24.3. The zero-order valence-electron chi connectivity index (χ0n) is 16.3. The van der Waals surface area contributed by atoms with Crippen molar-refractivity contribution < 1.29 is 42.1 Å². The van der Waals surface area contributed by atoms with E-state index in [-0.39, 0.29) is 42.8 Å². The quantitative estimate of drug-likeness (QED) is 0.113. The van der Waals surface area contributed by atoms with E-state index in [0.29, 0.717) is 0 Å². The molecule has 2 aromatic rings. The predicted octanol–water partition coefficient (Wildman–Crippen LogP) is 2.03. The van der Waals surface area contributed by atoms with Gasteiger partial charge in [-0.2, -0.15) is 8.42 Å². The van der Waals surface area contributed by atoms with Crippen LogP contribution in [0.3, 0.4) is 0 Å². The molecule has 2 rings (SSSR count). The van der Waals surface area contributed by atoms with Crippen LogP contribution in [0.15, 0.2) is 35.4 Å². The zero-order valence-corrected chi connectivity index (χ0v) is 17.1. The van der Waals surface area contributed by atoms with Gasteiger partial charge in [-0.1, -0.05) is 11.2 Å². The first-order chi connectivity index (χ1) is 15.0. The number of aromatic hydroxyl groups is 3. The molecule has 1 aromatic heterocycles. The summed E-state index contributed by atoms with van der Waals surface area (Å²) in [6, 6.07) is 4.41. The maximum atomic E-state index is 12.2. The molecule has 14 nitrogen and oxygen atoms in total. The number of benzene rings is 1. The Hall–Kier alpha value is -3.94. The lowest BCUT2D eigenvalue weighted by Crippen LogP contribution is -2.26. The molecule has 0 fully saturated rings. The zero-order chi connectivity index (χ0) is 23.9. The van der Waals surface area contributed by atoms with Crippen molar-refractivity contribution in [2.75, 3.05) is 6.54 Å². The van der Waals surface area contributed by atoms with Crippen molar-refractivity contribution in [3.63, 3.8) is 0 Å². The van der Waals surface area contributed by atoms with E-state index in [1.165, 1.54) is 12.1 Å². The van der Waals surface area contributed by atoms with Crippen LogP contribution in [0.25, 0.3) is 10.4 Å². The van der Waals surface area contributed by atoms with Crippen molar-refractivity contribution in [2.24, 2.45) is 5.11 Å². The molecule has 0 radical (unpaired) electrons. The number of rotatable bonds is 10. The Bertz CT molecular complexity index is 1140. The number of azide groups is 1. The van der Waals surface area contributed by atoms with E-state index in [1.807, 2.05) is 0 Å². The van der Waals surface area contributed by atoms with Crippen LogP contribution in [0.2, 0.25) is 0 Å². The molecule has 5 N–H and O–H groups in total. The minimum absolute atomic E-state index is 0.0568. The molecule has 0 saturated heterocycles. The number of amides is 1. The summed E-state index contributed by atoms with van der Waals surface area (Å²) >= 11 is 0. The van der Waals surface area contributed by atoms with Gasteiger partial charge in [-0.25, -0.2) is 4.79 Å². The molecule has 0 aliphatic carbocycles. The van der Waals surface area contributed by atoms with E-state index >= 15 is 0 Å². The monoisotopic (exact) mass is 469 g/mol. The predicted molar refractivity (Wildman–Crippen MR) is 108 cm³/mol. The lowest BCUT2D eigenvalue weighted by atomic mass is 10.1.